The molecule has 0 spiro atoms. The first kappa shape index (κ1) is 23.2. The summed E-state index contributed by atoms with van der Waals surface area (Å²) in [5, 5.41) is 4.13. The standard InChI is InChI=1S/C23H19N3O4.2ClH/c1-27-20-10-16-18(11-21(20)28-12-15-6-3-2-4-7-15)24-13-25-23(16)26-17-8-5-9-19-22(17)30-14-29-19;;/h2-11,13H,12,14H2,1H3,(H,24,25,26);2*1H. The number of nitrogens with one attached hydrogen (secondary N) is 1. The molecule has 3 aromatic carbocycles. The number of hydrogen-bond acceptors (Lipinski definition) is 7. The molecule has 1 aliphatic heterocycles. The predicted octanol–water partition coefficient (Wildman–Crippen LogP) is 5.53. The summed E-state index contributed by atoms with van der Waals surface area (Å²) in [6.45, 7) is 0.640. The summed E-state index contributed by atoms with van der Waals surface area (Å²) in [4.78, 5) is 8.82. The maximum atomic E-state index is 6.00. The highest BCUT2D eigenvalue weighted by Crippen LogP contribution is 2.41. The van der Waals surface area contributed by atoms with Crippen LogP contribution in [-0.2, 0) is 6.61 Å². The highest BCUT2D eigenvalue weighted by Gasteiger charge is 2.19. The lowest BCUT2D eigenvalue weighted by atomic mass is 10.2. The van der Waals surface area contributed by atoms with E-state index < -0.39 is 0 Å². The van der Waals surface area contributed by atoms with Crippen LogP contribution in [0.4, 0.5) is 11.5 Å². The normalized spacial score (nSPS) is 11.3. The zero-order valence-corrected chi connectivity index (χ0v) is 18.7. The van der Waals surface area contributed by atoms with Crippen LogP contribution in [-0.4, -0.2) is 23.9 Å². The highest BCUT2D eigenvalue weighted by molar-refractivity contribution is 5.93. The minimum atomic E-state index is 0. The van der Waals surface area contributed by atoms with Crippen molar-refractivity contribution in [3.8, 4) is 23.0 Å². The number of benzene rings is 3. The number of para-hydroxylation sites is 1. The first-order valence-corrected chi connectivity index (χ1v) is 9.47. The van der Waals surface area contributed by atoms with Gasteiger partial charge in [0.1, 0.15) is 18.8 Å². The number of fused-ring (bicyclic) bond motifs is 2. The van der Waals surface area contributed by atoms with Crippen LogP contribution in [0, 0.1) is 0 Å². The molecular formula is C23H21Cl2N3O4. The largest absolute Gasteiger partial charge is 0.493 e. The molecule has 0 unspecified atom stereocenters. The average molecular weight is 474 g/mol. The Morgan fingerprint density at radius 2 is 1.78 bits per heavy atom. The van der Waals surface area contributed by atoms with Gasteiger partial charge in [0.05, 0.1) is 18.3 Å². The van der Waals surface area contributed by atoms with Crippen LogP contribution in [0.25, 0.3) is 10.9 Å². The number of halogens is 2. The molecule has 9 heteroatoms. The SMILES string of the molecule is COc1cc2c(Nc3cccc4c3OCO4)ncnc2cc1OCc1ccccc1.Cl.Cl. The number of nitrogens with zero attached hydrogens (tertiary/aromatic N) is 2. The molecule has 1 aliphatic rings. The number of hydrogen-bond donors (Lipinski definition) is 1. The van der Waals surface area contributed by atoms with E-state index in [0.29, 0.717) is 35.4 Å². The van der Waals surface area contributed by atoms with Gasteiger partial charge in [0, 0.05) is 11.5 Å². The topological polar surface area (TPSA) is 74.7 Å². The van der Waals surface area contributed by atoms with Crippen molar-refractivity contribution in [3.63, 3.8) is 0 Å². The molecule has 5 rings (SSSR count). The third kappa shape index (κ3) is 4.59. The van der Waals surface area contributed by atoms with Crippen molar-refractivity contribution >= 4 is 47.2 Å². The summed E-state index contributed by atoms with van der Waals surface area (Å²) in [6.07, 6.45) is 1.51. The Morgan fingerprint density at radius 1 is 0.938 bits per heavy atom. The second-order valence-electron chi connectivity index (χ2n) is 6.68. The lowest BCUT2D eigenvalue weighted by molar-refractivity contribution is 0.174. The van der Waals surface area contributed by atoms with Crippen LogP contribution in [0.15, 0.2) is 67.0 Å². The molecule has 0 fully saturated rings. The molecule has 1 N–H and O–H groups in total. The van der Waals surface area contributed by atoms with Crippen LogP contribution in [0.3, 0.4) is 0 Å². The number of anilines is 2. The molecule has 0 aliphatic carbocycles. The first-order chi connectivity index (χ1) is 14.8. The summed E-state index contributed by atoms with van der Waals surface area (Å²) < 4.78 is 22.6. The number of ether oxygens (including phenoxy) is 4. The monoisotopic (exact) mass is 473 g/mol. The van der Waals surface area contributed by atoms with Crippen molar-refractivity contribution in [1.29, 1.82) is 0 Å². The Morgan fingerprint density at radius 3 is 2.59 bits per heavy atom. The fourth-order valence-corrected chi connectivity index (χ4v) is 3.33. The van der Waals surface area contributed by atoms with Crippen LogP contribution in [0.2, 0.25) is 0 Å². The van der Waals surface area contributed by atoms with Crippen molar-refractivity contribution in [1.82, 2.24) is 9.97 Å². The van der Waals surface area contributed by atoms with E-state index in [0.717, 1.165) is 22.2 Å². The van der Waals surface area contributed by atoms with Gasteiger partial charge in [-0.1, -0.05) is 36.4 Å². The molecule has 0 saturated carbocycles. The van der Waals surface area contributed by atoms with Crippen molar-refractivity contribution < 1.29 is 18.9 Å². The van der Waals surface area contributed by atoms with Gasteiger partial charge in [-0.05, 0) is 23.8 Å². The lowest BCUT2D eigenvalue weighted by Gasteiger charge is -2.14. The fraction of sp³-hybridized carbons (Fsp3) is 0.130. The second-order valence-corrected chi connectivity index (χ2v) is 6.68. The van der Waals surface area contributed by atoms with Gasteiger partial charge in [0.25, 0.3) is 0 Å². The molecule has 0 saturated heterocycles. The molecule has 1 aromatic heterocycles. The van der Waals surface area contributed by atoms with Gasteiger partial charge >= 0.3 is 0 Å². The maximum absolute atomic E-state index is 6.00. The zero-order chi connectivity index (χ0) is 20.3. The van der Waals surface area contributed by atoms with E-state index >= 15 is 0 Å². The molecule has 166 valence electrons. The summed E-state index contributed by atoms with van der Waals surface area (Å²) in [6, 6.07) is 19.4. The third-order valence-corrected chi connectivity index (χ3v) is 4.81. The van der Waals surface area contributed by atoms with Crippen molar-refractivity contribution in [3.05, 3.63) is 72.6 Å². The molecular weight excluding hydrogens is 453 g/mol. The average Bonchev–Trinajstić information content (AvgIpc) is 3.28. The molecule has 0 radical (unpaired) electrons. The van der Waals surface area contributed by atoms with Gasteiger partial charge in [-0.15, -0.1) is 24.8 Å². The number of aromatic nitrogens is 2. The molecule has 0 atom stereocenters. The smallest absolute Gasteiger partial charge is 0.231 e. The molecule has 0 amide bonds. The van der Waals surface area contributed by atoms with Crippen LogP contribution >= 0.6 is 24.8 Å². The van der Waals surface area contributed by atoms with Crippen LogP contribution in [0.5, 0.6) is 23.0 Å². The Bertz CT molecular complexity index is 1210. The number of methoxy groups -OCH3 is 1. The molecule has 7 nitrogen and oxygen atoms in total. The van der Waals surface area contributed by atoms with E-state index in [-0.39, 0.29) is 31.6 Å². The predicted molar refractivity (Wildman–Crippen MR) is 127 cm³/mol. The third-order valence-electron chi connectivity index (χ3n) is 4.81. The van der Waals surface area contributed by atoms with Crippen molar-refractivity contribution in [2.24, 2.45) is 0 Å². The maximum Gasteiger partial charge on any atom is 0.231 e. The summed E-state index contributed by atoms with van der Waals surface area (Å²) >= 11 is 0. The minimum Gasteiger partial charge on any atom is -0.493 e. The number of rotatable bonds is 6. The van der Waals surface area contributed by atoms with Crippen molar-refractivity contribution in [2.75, 3.05) is 19.2 Å². The quantitative estimate of drug-likeness (QED) is 0.394. The van der Waals surface area contributed by atoms with Gasteiger partial charge in [0.15, 0.2) is 23.0 Å². The summed E-state index contributed by atoms with van der Waals surface area (Å²) in [5.74, 6) is 3.23. The Labute approximate surface area is 197 Å². The van der Waals surface area contributed by atoms with E-state index in [1.165, 1.54) is 6.33 Å². The van der Waals surface area contributed by atoms with Gasteiger partial charge < -0.3 is 24.3 Å². The van der Waals surface area contributed by atoms with Gasteiger partial charge in [-0.3, -0.25) is 0 Å². The van der Waals surface area contributed by atoms with E-state index in [4.69, 9.17) is 18.9 Å². The van der Waals surface area contributed by atoms with Crippen LogP contribution in [0.1, 0.15) is 5.56 Å². The Hall–Kier alpha value is -3.42. The summed E-state index contributed by atoms with van der Waals surface area (Å²) in [7, 11) is 1.61. The zero-order valence-electron chi connectivity index (χ0n) is 17.1. The molecule has 0 bridgehead atoms. The van der Waals surface area contributed by atoms with E-state index in [1.54, 1.807) is 7.11 Å². The van der Waals surface area contributed by atoms with E-state index in [2.05, 4.69) is 15.3 Å². The fourth-order valence-electron chi connectivity index (χ4n) is 3.33. The minimum absolute atomic E-state index is 0. The van der Waals surface area contributed by atoms with Gasteiger partial charge in [-0.25, -0.2) is 9.97 Å². The first-order valence-electron chi connectivity index (χ1n) is 9.47. The highest BCUT2D eigenvalue weighted by atomic mass is 35.5. The van der Waals surface area contributed by atoms with Gasteiger partial charge in [-0.2, -0.15) is 0 Å². The molecule has 32 heavy (non-hydrogen) atoms. The van der Waals surface area contributed by atoms with E-state index in [9.17, 15) is 0 Å². The Balaban J connectivity index is 0.00000144. The summed E-state index contributed by atoms with van der Waals surface area (Å²) in [5.41, 5.74) is 2.58. The van der Waals surface area contributed by atoms with E-state index in [1.807, 2.05) is 60.7 Å². The second kappa shape index (κ2) is 10.3. The van der Waals surface area contributed by atoms with Crippen molar-refractivity contribution in [2.45, 2.75) is 6.61 Å². The lowest BCUT2D eigenvalue weighted by Crippen LogP contribution is -2.01. The van der Waals surface area contributed by atoms with Crippen LogP contribution < -0.4 is 24.3 Å². The Kier molecular flexibility index (Phi) is 7.45. The molecule has 4 aromatic rings. The molecule has 2 heterocycles. The van der Waals surface area contributed by atoms with Gasteiger partial charge in [0.2, 0.25) is 6.79 Å².